The Morgan fingerprint density at radius 2 is 1.30 bits per heavy atom. The van der Waals surface area contributed by atoms with Gasteiger partial charge in [-0.3, -0.25) is 9.59 Å². The van der Waals surface area contributed by atoms with E-state index in [0.717, 1.165) is 25.7 Å². The first-order valence-corrected chi connectivity index (χ1v) is 13.9. The molecule has 0 bridgehead atoms. The van der Waals surface area contributed by atoms with E-state index in [0.29, 0.717) is 6.42 Å². The zero-order valence-corrected chi connectivity index (χ0v) is 23.5. The summed E-state index contributed by atoms with van der Waals surface area (Å²) in [4.78, 5) is 23.9. The first-order valence-electron chi connectivity index (χ1n) is 13.9. The molecule has 0 spiro atoms. The highest BCUT2D eigenvalue weighted by atomic mass is 16.7. The Kier molecular flexibility index (Phi) is 19.6. The van der Waals surface area contributed by atoms with Crippen molar-refractivity contribution in [2.75, 3.05) is 19.8 Å². The minimum absolute atomic E-state index is 0.00814. The lowest BCUT2D eigenvalue weighted by molar-refractivity contribution is -0.305. The molecule has 0 radical (unpaired) electrons. The molecule has 0 aromatic heterocycles. The number of allylic oxidation sites excluding steroid dienone is 9. The van der Waals surface area contributed by atoms with Crippen LogP contribution in [0.25, 0.3) is 0 Å². The molecule has 4 N–H and O–H groups in total. The quantitative estimate of drug-likeness (QED) is 0.136. The van der Waals surface area contributed by atoms with Crippen molar-refractivity contribution in [1.82, 2.24) is 0 Å². The first-order chi connectivity index (χ1) is 19.3. The van der Waals surface area contributed by atoms with Gasteiger partial charge in [-0.05, 0) is 32.1 Å². The second-order valence-corrected chi connectivity index (χ2v) is 9.09. The maximum Gasteiger partial charge on any atom is 0.310 e. The van der Waals surface area contributed by atoms with Gasteiger partial charge < -0.3 is 39.4 Å². The number of aliphatic hydroxyl groups is 4. The molecule has 6 unspecified atom stereocenters. The van der Waals surface area contributed by atoms with Crippen molar-refractivity contribution in [2.45, 2.75) is 95.6 Å². The van der Waals surface area contributed by atoms with Gasteiger partial charge in [0, 0.05) is 6.42 Å². The molecule has 40 heavy (non-hydrogen) atoms. The second kappa shape index (κ2) is 22.1. The third kappa shape index (κ3) is 15.3. The van der Waals surface area contributed by atoms with Gasteiger partial charge in [-0.15, -0.1) is 0 Å². The highest BCUT2D eigenvalue weighted by Gasteiger charge is 2.44. The van der Waals surface area contributed by atoms with Crippen LogP contribution >= 0.6 is 0 Å². The third-order valence-electron chi connectivity index (χ3n) is 5.75. The van der Waals surface area contributed by atoms with Crippen LogP contribution in [0.2, 0.25) is 0 Å². The molecule has 1 fully saturated rings. The number of esters is 2. The van der Waals surface area contributed by atoms with Crippen molar-refractivity contribution in [1.29, 1.82) is 0 Å². The smallest absolute Gasteiger partial charge is 0.310 e. The van der Waals surface area contributed by atoms with E-state index in [1.807, 2.05) is 18.2 Å². The number of ether oxygens (including phenoxy) is 4. The molecule has 0 aliphatic carbocycles. The van der Waals surface area contributed by atoms with Crippen molar-refractivity contribution in [3.63, 3.8) is 0 Å². The summed E-state index contributed by atoms with van der Waals surface area (Å²) in [6.07, 6.45) is 16.6. The molecule has 1 aliphatic rings. The molecule has 10 heteroatoms. The third-order valence-corrected chi connectivity index (χ3v) is 5.75. The van der Waals surface area contributed by atoms with Gasteiger partial charge in [0.25, 0.3) is 0 Å². The number of rotatable bonds is 19. The summed E-state index contributed by atoms with van der Waals surface area (Å²) in [5.74, 6) is -1.07. The van der Waals surface area contributed by atoms with Crippen LogP contribution in [-0.2, 0) is 28.5 Å². The minimum Gasteiger partial charge on any atom is -0.462 e. The van der Waals surface area contributed by atoms with Crippen LogP contribution in [-0.4, -0.2) is 89.0 Å². The number of carbonyl (C=O) groups excluding carboxylic acids is 2. The van der Waals surface area contributed by atoms with Crippen LogP contribution in [0.4, 0.5) is 0 Å². The molecule has 0 aromatic carbocycles. The molecule has 226 valence electrons. The topological polar surface area (TPSA) is 152 Å². The van der Waals surface area contributed by atoms with Crippen LogP contribution in [0.3, 0.4) is 0 Å². The van der Waals surface area contributed by atoms with Gasteiger partial charge in [0.2, 0.25) is 0 Å². The zero-order chi connectivity index (χ0) is 29.6. The predicted octanol–water partition coefficient (Wildman–Crippen LogP) is 2.81. The van der Waals surface area contributed by atoms with Crippen molar-refractivity contribution >= 4 is 11.9 Å². The van der Waals surface area contributed by atoms with Crippen LogP contribution < -0.4 is 0 Å². The Balaban J connectivity index is 2.43. The monoisotopic (exact) mass is 566 g/mol. The number of hydrogen-bond acceptors (Lipinski definition) is 10. The molecule has 10 nitrogen and oxygen atoms in total. The van der Waals surface area contributed by atoms with E-state index in [4.69, 9.17) is 18.9 Å². The fourth-order valence-electron chi connectivity index (χ4n) is 3.48. The van der Waals surface area contributed by atoms with E-state index in [2.05, 4.69) is 43.4 Å². The second-order valence-electron chi connectivity index (χ2n) is 9.09. The Morgan fingerprint density at radius 3 is 1.82 bits per heavy atom. The van der Waals surface area contributed by atoms with Gasteiger partial charge >= 0.3 is 11.9 Å². The SMILES string of the molecule is CC/C=C\C/C=C\C/C=C\C/C=C\C/C=C\CC(=O)OC(COC(=O)CC)COC1OC(CO)C(O)C(O)C1O. The molecular formula is C30H46O10. The minimum atomic E-state index is -1.61. The van der Waals surface area contributed by atoms with E-state index in [9.17, 15) is 30.0 Å². The number of carbonyl (C=O) groups is 2. The van der Waals surface area contributed by atoms with Gasteiger partial charge in [0.15, 0.2) is 12.4 Å². The average molecular weight is 567 g/mol. The van der Waals surface area contributed by atoms with E-state index >= 15 is 0 Å². The van der Waals surface area contributed by atoms with Crippen LogP contribution in [0.15, 0.2) is 60.8 Å². The van der Waals surface area contributed by atoms with Crippen molar-refractivity contribution < 1.29 is 49.0 Å². The van der Waals surface area contributed by atoms with Crippen molar-refractivity contribution in [3.05, 3.63) is 60.8 Å². The molecular weight excluding hydrogens is 520 g/mol. The number of hydrogen-bond donors (Lipinski definition) is 4. The van der Waals surface area contributed by atoms with Gasteiger partial charge in [-0.2, -0.15) is 0 Å². The Hall–Kier alpha value is -2.60. The van der Waals surface area contributed by atoms with Gasteiger partial charge in [0.1, 0.15) is 31.0 Å². The van der Waals surface area contributed by atoms with Crippen molar-refractivity contribution in [3.8, 4) is 0 Å². The maximum absolute atomic E-state index is 12.3. The highest BCUT2D eigenvalue weighted by Crippen LogP contribution is 2.22. The average Bonchev–Trinajstić information content (AvgIpc) is 2.95. The van der Waals surface area contributed by atoms with Crippen LogP contribution in [0.1, 0.15) is 58.8 Å². The molecule has 1 aliphatic heterocycles. The summed E-state index contributed by atoms with van der Waals surface area (Å²) in [6, 6.07) is 0. The fourth-order valence-corrected chi connectivity index (χ4v) is 3.48. The highest BCUT2D eigenvalue weighted by molar-refractivity contribution is 5.71. The lowest BCUT2D eigenvalue weighted by atomic mass is 9.99. The predicted molar refractivity (Wildman–Crippen MR) is 150 cm³/mol. The van der Waals surface area contributed by atoms with E-state index in [1.54, 1.807) is 13.0 Å². The molecule has 1 rings (SSSR count). The standard InChI is InChI=1S/C30H46O10/c1-3-5-6-7-8-9-10-11-12-13-14-15-16-17-18-19-26(33)39-23(21-37-25(32)4-2)22-38-30-29(36)28(35)27(34)24(20-31)40-30/h5-6,8-9,11-12,14-15,17-18,23-24,27-31,34-36H,3-4,7,10,13,16,19-22H2,1-2H3/b6-5-,9-8-,12-11-,15-14-,18-17-. The summed E-state index contributed by atoms with van der Waals surface area (Å²) < 4.78 is 21.2. The Bertz CT molecular complexity index is 845. The van der Waals surface area contributed by atoms with Gasteiger partial charge in [-0.1, -0.05) is 74.6 Å². The normalized spacial score (nSPS) is 24.6. The molecule has 6 atom stereocenters. The molecule has 1 saturated heterocycles. The largest absolute Gasteiger partial charge is 0.462 e. The van der Waals surface area contributed by atoms with E-state index in [-0.39, 0.29) is 26.1 Å². The molecule has 0 amide bonds. The van der Waals surface area contributed by atoms with Gasteiger partial charge in [-0.25, -0.2) is 0 Å². The van der Waals surface area contributed by atoms with Crippen LogP contribution in [0, 0.1) is 0 Å². The Morgan fingerprint density at radius 1 is 0.750 bits per heavy atom. The summed E-state index contributed by atoms with van der Waals surface area (Å²) >= 11 is 0. The van der Waals surface area contributed by atoms with Crippen LogP contribution in [0.5, 0.6) is 0 Å². The maximum atomic E-state index is 12.3. The van der Waals surface area contributed by atoms with Crippen molar-refractivity contribution in [2.24, 2.45) is 0 Å². The summed E-state index contributed by atoms with van der Waals surface area (Å²) in [6.45, 7) is 2.53. The zero-order valence-electron chi connectivity index (χ0n) is 23.5. The molecule has 0 saturated carbocycles. The number of aliphatic hydroxyl groups excluding tert-OH is 4. The lowest BCUT2D eigenvalue weighted by Crippen LogP contribution is -2.59. The summed E-state index contributed by atoms with van der Waals surface area (Å²) in [7, 11) is 0. The molecule has 1 heterocycles. The van der Waals surface area contributed by atoms with E-state index in [1.165, 1.54) is 0 Å². The van der Waals surface area contributed by atoms with Gasteiger partial charge in [0.05, 0.1) is 19.6 Å². The first kappa shape index (κ1) is 35.4. The fraction of sp³-hybridized carbons (Fsp3) is 0.600. The van der Waals surface area contributed by atoms with E-state index < -0.39 is 55.4 Å². The summed E-state index contributed by atoms with van der Waals surface area (Å²) in [5, 5.41) is 39.2. The Labute approximate surface area is 237 Å². The lowest BCUT2D eigenvalue weighted by Gasteiger charge is -2.39. The molecule has 0 aromatic rings. The summed E-state index contributed by atoms with van der Waals surface area (Å²) in [5.41, 5.74) is 0.